The Kier molecular flexibility index (Phi) is 4.66. The fourth-order valence-electron chi connectivity index (χ4n) is 3.79. The third kappa shape index (κ3) is 3.46. The molecule has 0 aromatic rings. The number of rotatable bonds is 3. The van der Waals surface area contributed by atoms with Crippen LogP contribution in [0.15, 0.2) is 0 Å². The van der Waals surface area contributed by atoms with Crippen molar-refractivity contribution in [2.75, 3.05) is 0 Å². The third-order valence-electron chi connectivity index (χ3n) is 4.76. The van der Waals surface area contributed by atoms with Crippen molar-refractivity contribution < 1.29 is 0 Å². The van der Waals surface area contributed by atoms with Crippen LogP contribution in [0, 0.1) is 17.8 Å². The summed E-state index contributed by atoms with van der Waals surface area (Å²) in [7, 11) is 0. The van der Waals surface area contributed by atoms with Gasteiger partial charge in [-0.1, -0.05) is 44.9 Å². The summed E-state index contributed by atoms with van der Waals surface area (Å²) >= 11 is 0. The van der Waals surface area contributed by atoms with E-state index in [0.29, 0.717) is 5.92 Å². The lowest BCUT2D eigenvalue weighted by molar-refractivity contribution is 0.188. The van der Waals surface area contributed by atoms with Crippen LogP contribution in [0.3, 0.4) is 0 Å². The van der Waals surface area contributed by atoms with E-state index in [1.54, 1.807) is 0 Å². The van der Waals surface area contributed by atoms with E-state index in [4.69, 9.17) is 11.5 Å². The Morgan fingerprint density at radius 2 is 1.50 bits per heavy atom. The molecular weight excluding hydrogens is 196 g/mol. The molecule has 2 heteroatoms. The summed E-state index contributed by atoms with van der Waals surface area (Å²) in [6, 6.07) is 0. The molecule has 2 saturated carbocycles. The maximum atomic E-state index is 5.84. The molecule has 94 valence electrons. The molecule has 0 radical (unpaired) electrons. The minimum atomic E-state index is -0.0749. The van der Waals surface area contributed by atoms with Crippen molar-refractivity contribution in [1.82, 2.24) is 0 Å². The molecule has 0 aromatic carbocycles. The fraction of sp³-hybridized carbons (Fsp3) is 1.00. The first-order valence-corrected chi connectivity index (χ1v) is 7.27. The molecule has 0 aromatic heterocycles. The molecule has 0 aliphatic heterocycles. The third-order valence-corrected chi connectivity index (χ3v) is 4.76. The minimum Gasteiger partial charge on any atom is -0.316 e. The van der Waals surface area contributed by atoms with E-state index in [2.05, 4.69) is 0 Å². The molecule has 0 heterocycles. The predicted octanol–water partition coefficient (Wildman–Crippen LogP) is 3.01. The van der Waals surface area contributed by atoms with E-state index < -0.39 is 0 Å². The molecule has 2 nitrogen and oxygen atoms in total. The van der Waals surface area contributed by atoms with Crippen LogP contribution in [0.4, 0.5) is 0 Å². The van der Waals surface area contributed by atoms with Gasteiger partial charge in [0.1, 0.15) is 0 Å². The van der Waals surface area contributed by atoms with Crippen LogP contribution < -0.4 is 11.5 Å². The van der Waals surface area contributed by atoms with Gasteiger partial charge in [-0.3, -0.25) is 0 Å². The quantitative estimate of drug-likeness (QED) is 0.724. The molecule has 0 amide bonds. The molecule has 2 unspecified atom stereocenters. The SMILES string of the molecule is NC(N)C1CCCC(CC2CCCCC2)C1. The van der Waals surface area contributed by atoms with Crippen LogP contribution >= 0.6 is 0 Å². The molecule has 0 spiro atoms. The van der Waals surface area contributed by atoms with Gasteiger partial charge in [-0.15, -0.1) is 0 Å². The maximum Gasteiger partial charge on any atom is 0.0550 e. The van der Waals surface area contributed by atoms with E-state index >= 15 is 0 Å². The Morgan fingerprint density at radius 1 is 0.812 bits per heavy atom. The van der Waals surface area contributed by atoms with Crippen LogP contribution in [0.5, 0.6) is 0 Å². The Bertz CT molecular complexity index is 197. The average molecular weight is 224 g/mol. The predicted molar refractivity (Wildman–Crippen MR) is 68.8 cm³/mol. The summed E-state index contributed by atoms with van der Waals surface area (Å²) in [5.74, 6) is 2.55. The summed E-state index contributed by atoms with van der Waals surface area (Å²) in [6.45, 7) is 0. The highest BCUT2D eigenvalue weighted by atomic mass is 14.9. The van der Waals surface area contributed by atoms with Crippen molar-refractivity contribution in [3.05, 3.63) is 0 Å². The van der Waals surface area contributed by atoms with Crippen LogP contribution in [0.25, 0.3) is 0 Å². The zero-order valence-corrected chi connectivity index (χ0v) is 10.5. The van der Waals surface area contributed by atoms with Crippen molar-refractivity contribution in [3.63, 3.8) is 0 Å². The first-order valence-electron chi connectivity index (χ1n) is 7.27. The van der Waals surface area contributed by atoms with Gasteiger partial charge in [-0.05, 0) is 37.0 Å². The molecule has 0 saturated heterocycles. The molecule has 2 rings (SSSR count). The summed E-state index contributed by atoms with van der Waals surface area (Å²) in [5, 5.41) is 0. The fourth-order valence-corrected chi connectivity index (χ4v) is 3.79. The molecule has 2 atom stereocenters. The van der Waals surface area contributed by atoms with Gasteiger partial charge >= 0.3 is 0 Å². The van der Waals surface area contributed by atoms with Gasteiger partial charge < -0.3 is 11.5 Å². The van der Waals surface area contributed by atoms with Crippen LogP contribution in [-0.2, 0) is 0 Å². The van der Waals surface area contributed by atoms with Crippen molar-refractivity contribution in [3.8, 4) is 0 Å². The maximum absolute atomic E-state index is 5.84. The van der Waals surface area contributed by atoms with Crippen molar-refractivity contribution in [1.29, 1.82) is 0 Å². The first kappa shape index (κ1) is 12.4. The molecule has 2 aliphatic carbocycles. The number of hydrogen-bond acceptors (Lipinski definition) is 2. The van der Waals surface area contributed by atoms with E-state index in [-0.39, 0.29) is 6.17 Å². The summed E-state index contributed by atoms with van der Waals surface area (Å²) < 4.78 is 0. The number of nitrogens with two attached hydrogens (primary N) is 2. The summed E-state index contributed by atoms with van der Waals surface area (Å²) in [4.78, 5) is 0. The van der Waals surface area contributed by atoms with Gasteiger partial charge in [0.15, 0.2) is 0 Å². The Labute approximate surface area is 100 Å². The lowest BCUT2D eigenvalue weighted by atomic mass is 9.74. The summed E-state index contributed by atoms with van der Waals surface area (Å²) in [5.41, 5.74) is 11.7. The lowest BCUT2D eigenvalue weighted by Gasteiger charge is -2.34. The topological polar surface area (TPSA) is 52.0 Å². The minimum absolute atomic E-state index is 0.0749. The van der Waals surface area contributed by atoms with E-state index in [1.165, 1.54) is 64.2 Å². The van der Waals surface area contributed by atoms with Crippen LogP contribution in [-0.4, -0.2) is 6.17 Å². The van der Waals surface area contributed by atoms with Gasteiger partial charge in [0.05, 0.1) is 6.17 Å². The van der Waals surface area contributed by atoms with Crippen molar-refractivity contribution in [2.24, 2.45) is 29.2 Å². The van der Waals surface area contributed by atoms with Crippen molar-refractivity contribution in [2.45, 2.75) is 70.4 Å². The Balaban J connectivity index is 1.75. The van der Waals surface area contributed by atoms with E-state index in [0.717, 1.165) is 11.8 Å². The normalized spacial score (nSPS) is 33.2. The Morgan fingerprint density at radius 3 is 2.19 bits per heavy atom. The monoisotopic (exact) mass is 224 g/mol. The second-order valence-electron chi connectivity index (χ2n) is 6.11. The molecule has 2 fully saturated rings. The van der Waals surface area contributed by atoms with Gasteiger partial charge in [-0.25, -0.2) is 0 Å². The lowest BCUT2D eigenvalue weighted by Crippen LogP contribution is -2.41. The highest BCUT2D eigenvalue weighted by molar-refractivity contribution is 4.80. The second-order valence-corrected chi connectivity index (χ2v) is 6.11. The van der Waals surface area contributed by atoms with Gasteiger partial charge in [0.25, 0.3) is 0 Å². The second kappa shape index (κ2) is 6.02. The largest absolute Gasteiger partial charge is 0.316 e. The molecule has 4 N–H and O–H groups in total. The molecule has 0 bridgehead atoms. The molecule has 16 heavy (non-hydrogen) atoms. The van der Waals surface area contributed by atoms with Crippen LogP contribution in [0.2, 0.25) is 0 Å². The first-order chi connectivity index (χ1) is 7.75. The van der Waals surface area contributed by atoms with Crippen LogP contribution in [0.1, 0.15) is 64.2 Å². The van der Waals surface area contributed by atoms with E-state index in [1.807, 2.05) is 0 Å². The Hall–Kier alpha value is -0.0800. The smallest absolute Gasteiger partial charge is 0.0550 e. The van der Waals surface area contributed by atoms with Gasteiger partial charge in [0, 0.05) is 0 Å². The molecular formula is C14H28N2. The highest BCUT2D eigenvalue weighted by Gasteiger charge is 2.27. The standard InChI is InChI=1S/C14H28N2/c15-14(16)13-8-4-7-12(10-13)9-11-5-2-1-3-6-11/h11-14H,1-10,15-16H2. The van der Waals surface area contributed by atoms with E-state index in [9.17, 15) is 0 Å². The summed E-state index contributed by atoms with van der Waals surface area (Å²) in [6.07, 6.45) is 14.1. The van der Waals surface area contributed by atoms with Gasteiger partial charge in [0.2, 0.25) is 0 Å². The molecule has 2 aliphatic rings. The van der Waals surface area contributed by atoms with Crippen molar-refractivity contribution >= 4 is 0 Å². The zero-order chi connectivity index (χ0) is 11.4. The highest BCUT2D eigenvalue weighted by Crippen LogP contribution is 2.37. The van der Waals surface area contributed by atoms with Gasteiger partial charge in [-0.2, -0.15) is 0 Å². The average Bonchev–Trinajstić information content (AvgIpc) is 2.30. The zero-order valence-electron chi connectivity index (χ0n) is 10.5. The number of hydrogen-bond donors (Lipinski definition) is 2.